The second-order valence-electron chi connectivity index (χ2n) is 10.8. The summed E-state index contributed by atoms with van der Waals surface area (Å²) >= 11 is 0. The molecule has 9 heteroatoms. The van der Waals surface area contributed by atoms with Crippen LogP contribution in [0.3, 0.4) is 0 Å². The van der Waals surface area contributed by atoms with Crippen LogP contribution in [0.15, 0.2) is 0 Å². The normalized spacial score (nSPS) is 13.7. The highest BCUT2D eigenvalue weighted by atomic mass is 16.5. The van der Waals surface area contributed by atoms with Crippen LogP contribution in [0.4, 0.5) is 0 Å². The van der Waals surface area contributed by atoms with Gasteiger partial charge in [0.1, 0.15) is 0 Å². The SMILES string of the molecule is CC(CC(C)(C)C(=O)O)C(=O)NC(C)(C)CC(C)(C)C(=O)NCCOC(C)(C)CO.[BH]. The van der Waals surface area contributed by atoms with Crippen molar-refractivity contribution in [3.8, 4) is 0 Å². The Balaban J connectivity index is 0. The van der Waals surface area contributed by atoms with Crippen LogP contribution in [0, 0.1) is 16.7 Å². The molecule has 0 saturated carbocycles. The monoisotopic (exact) mass is 442 g/mol. The fraction of sp³-hybridized carbons (Fsp3) is 0.864. The number of hydrogen-bond donors (Lipinski definition) is 4. The van der Waals surface area contributed by atoms with Gasteiger partial charge in [0.25, 0.3) is 0 Å². The highest BCUT2D eigenvalue weighted by Gasteiger charge is 2.37. The number of aliphatic carboxylic acids is 1. The number of ether oxygens (including phenoxy) is 1. The quantitative estimate of drug-likeness (QED) is 0.254. The van der Waals surface area contributed by atoms with Gasteiger partial charge < -0.3 is 25.6 Å². The van der Waals surface area contributed by atoms with Gasteiger partial charge in [-0.3, -0.25) is 14.4 Å². The molecule has 2 amide bonds. The molecule has 0 aliphatic heterocycles. The van der Waals surface area contributed by atoms with Crippen molar-refractivity contribution in [3.63, 3.8) is 0 Å². The molecule has 0 saturated heterocycles. The van der Waals surface area contributed by atoms with E-state index in [-0.39, 0.29) is 39.9 Å². The number of aliphatic hydroxyl groups excluding tert-OH is 1. The molecular formula is C22H43BN2O6. The van der Waals surface area contributed by atoms with Crippen LogP contribution >= 0.6 is 0 Å². The second-order valence-corrected chi connectivity index (χ2v) is 10.8. The lowest BCUT2D eigenvalue weighted by molar-refractivity contribution is -0.148. The van der Waals surface area contributed by atoms with Crippen LogP contribution in [0.25, 0.3) is 0 Å². The molecule has 0 aliphatic carbocycles. The largest absolute Gasteiger partial charge is 0.481 e. The molecule has 4 N–H and O–H groups in total. The maximum Gasteiger partial charge on any atom is 0.309 e. The van der Waals surface area contributed by atoms with E-state index in [1.54, 1.807) is 34.6 Å². The first-order valence-electron chi connectivity index (χ1n) is 10.4. The van der Waals surface area contributed by atoms with Gasteiger partial charge in [0, 0.05) is 31.8 Å². The Morgan fingerprint density at radius 3 is 1.94 bits per heavy atom. The number of hydrogen-bond acceptors (Lipinski definition) is 5. The number of carbonyl (C=O) groups excluding carboxylic acids is 2. The molecule has 180 valence electrons. The molecule has 0 spiro atoms. The van der Waals surface area contributed by atoms with Gasteiger partial charge >= 0.3 is 5.97 Å². The van der Waals surface area contributed by atoms with Crippen molar-refractivity contribution in [1.29, 1.82) is 0 Å². The van der Waals surface area contributed by atoms with Crippen LogP contribution < -0.4 is 10.6 Å². The Labute approximate surface area is 189 Å². The summed E-state index contributed by atoms with van der Waals surface area (Å²) in [6, 6.07) is 0. The average Bonchev–Trinajstić information content (AvgIpc) is 2.56. The van der Waals surface area contributed by atoms with Gasteiger partial charge in [-0.1, -0.05) is 20.8 Å². The van der Waals surface area contributed by atoms with Crippen molar-refractivity contribution in [2.75, 3.05) is 19.8 Å². The summed E-state index contributed by atoms with van der Waals surface area (Å²) in [4.78, 5) is 36.5. The van der Waals surface area contributed by atoms with E-state index >= 15 is 0 Å². The zero-order valence-electron chi connectivity index (χ0n) is 20.8. The summed E-state index contributed by atoms with van der Waals surface area (Å²) in [5.41, 5.74) is -3.05. The Bertz CT molecular complexity index is 617. The molecule has 0 rings (SSSR count). The molecule has 0 aromatic rings. The number of carbonyl (C=O) groups is 3. The third-order valence-corrected chi connectivity index (χ3v) is 5.06. The molecule has 0 bridgehead atoms. The number of aliphatic hydroxyl groups is 1. The summed E-state index contributed by atoms with van der Waals surface area (Å²) in [6.45, 7) is 16.3. The number of carboxylic acids is 1. The van der Waals surface area contributed by atoms with Crippen LogP contribution in [-0.4, -0.2) is 67.3 Å². The van der Waals surface area contributed by atoms with Gasteiger partial charge in [-0.05, 0) is 54.4 Å². The van der Waals surface area contributed by atoms with E-state index in [0.717, 1.165) is 0 Å². The van der Waals surface area contributed by atoms with Crippen molar-refractivity contribution in [2.45, 2.75) is 86.3 Å². The summed E-state index contributed by atoms with van der Waals surface area (Å²) in [5, 5.41) is 24.2. The van der Waals surface area contributed by atoms with E-state index in [1.807, 2.05) is 27.7 Å². The van der Waals surface area contributed by atoms with Gasteiger partial charge in [0.15, 0.2) is 0 Å². The zero-order valence-corrected chi connectivity index (χ0v) is 20.8. The van der Waals surface area contributed by atoms with Crippen molar-refractivity contribution in [1.82, 2.24) is 10.6 Å². The first-order chi connectivity index (χ1) is 13.4. The predicted octanol–water partition coefficient (Wildman–Crippen LogP) is 1.69. The standard InChI is InChI=1S/C22H42N2O6.BH/c1-15(12-19(2,3)18(28)29)16(26)24-21(6,7)13-20(4,5)17(27)23-10-11-30-22(8,9)14-25;/h15,25H,10-14H2,1-9H3,(H,23,27)(H,24,26)(H,28,29);1H. The van der Waals surface area contributed by atoms with Crippen molar-refractivity contribution in [3.05, 3.63) is 0 Å². The predicted molar refractivity (Wildman–Crippen MR) is 123 cm³/mol. The highest BCUT2D eigenvalue weighted by Crippen LogP contribution is 2.30. The summed E-state index contributed by atoms with van der Waals surface area (Å²) < 4.78 is 5.51. The van der Waals surface area contributed by atoms with E-state index < -0.39 is 33.9 Å². The molecule has 0 aromatic carbocycles. The zero-order chi connectivity index (χ0) is 24.0. The van der Waals surface area contributed by atoms with Crippen LogP contribution in [-0.2, 0) is 19.1 Å². The lowest BCUT2D eigenvalue weighted by Crippen LogP contribution is -2.51. The van der Waals surface area contributed by atoms with Crippen LogP contribution in [0.2, 0.25) is 0 Å². The Morgan fingerprint density at radius 1 is 0.968 bits per heavy atom. The first-order valence-corrected chi connectivity index (χ1v) is 10.4. The molecule has 31 heavy (non-hydrogen) atoms. The first kappa shape index (κ1) is 31.6. The molecule has 0 fully saturated rings. The maximum absolute atomic E-state index is 12.6. The number of nitrogens with one attached hydrogen (secondary N) is 2. The second kappa shape index (κ2) is 11.9. The fourth-order valence-corrected chi connectivity index (χ4v) is 3.41. The topological polar surface area (TPSA) is 125 Å². The number of amides is 2. The van der Waals surface area contributed by atoms with Crippen molar-refractivity contribution >= 4 is 26.2 Å². The van der Waals surface area contributed by atoms with Gasteiger partial charge in [0.2, 0.25) is 11.8 Å². The molecule has 8 nitrogen and oxygen atoms in total. The molecular weight excluding hydrogens is 399 g/mol. The summed E-state index contributed by atoms with van der Waals surface area (Å²) in [5.74, 6) is -1.80. The molecule has 1 atom stereocenters. The lowest BCUT2D eigenvalue weighted by Gasteiger charge is -2.36. The minimum absolute atomic E-state index is 0. The van der Waals surface area contributed by atoms with Gasteiger partial charge in [-0.2, -0.15) is 0 Å². The molecule has 0 aromatic heterocycles. The van der Waals surface area contributed by atoms with E-state index in [2.05, 4.69) is 10.6 Å². The molecule has 2 radical (unpaired) electrons. The summed E-state index contributed by atoms with van der Waals surface area (Å²) in [6.07, 6.45) is 0.619. The van der Waals surface area contributed by atoms with Crippen LogP contribution in [0.5, 0.6) is 0 Å². The fourth-order valence-electron chi connectivity index (χ4n) is 3.41. The summed E-state index contributed by atoms with van der Waals surface area (Å²) in [7, 11) is 0. The van der Waals surface area contributed by atoms with Gasteiger partial charge in [-0.25, -0.2) is 0 Å². The smallest absolute Gasteiger partial charge is 0.309 e. The van der Waals surface area contributed by atoms with Crippen molar-refractivity contribution in [2.24, 2.45) is 16.7 Å². The Kier molecular flexibility index (Phi) is 12.1. The van der Waals surface area contributed by atoms with E-state index in [9.17, 15) is 24.6 Å². The minimum atomic E-state index is -0.993. The van der Waals surface area contributed by atoms with Gasteiger partial charge in [0.05, 0.1) is 24.2 Å². The third-order valence-electron chi connectivity index (χ3n) is 5.06. The average molecular weight is 442 g/mol. The van der Waals surface area contributed by atoms with E-state index in [1.165, 1.54) is 0 Å². The Morgan fingerprint density at radius 2 is 1.48 bits per heavy atom. The molecule has 0 aliphatic rings. The van der Waals surface area contributed by atoms with Crippen LogP contribution in [0.1, 0.15) is 75.2 Å². The number of carboxylic acid groups (broad SMARTS) is 1. The number of rotatable bonds is 13. The highest BCUT2D eigenvalue weighted by molar-refractivity contribution is 5.83. The van der Waals surface area contributed by atoms with Crippen molar-refractivity contribution < 1.29 is 29.3 Å². The Hall–Kier alpha value is -1.61. The minimum Gasteiger partial charge on any atom is -0.481 e. The van der Waals surface area contributed by atoms with E-state index in [0.29, 0.717) is 13.0 Å². The third kappa shape index (κ3) is 11.5. The molecule has 0 heterocycles. The van der Waals surface area contributed by atoms with Gasteiger partial charge in [-0.15, -0.1) is 0 Å². The maximum atomic E-state index is 12.6. The van der Waals surface area contributed by atoms with E-state index in [4.69, 9.17) is 4.74 Å². The lowest BCUT2D eigenvalue weighted by atomic mass is 9.78. The molecule has 1 unspecified atom stereocenters.